The topological polar surface area (TPSA) is 37.4 Å². The lowest BCUT2D eigenvalue weighted by molar-refractivity contribution is 0.413. The summed E-state index contributed by atoms with van der Waals surface area (Å²) in [4.78, 5) is -0.231. The van der Waals surface area contributed by atoms with Crippen LogP contribution in [0.5, 0.6) is 0 Å². The molecule has 0 bridgehead atoms. The van der Waals surface area contributed by atoms with Crippen LogP contribution in [-0.2, 0) is 10.0 Å². The van der Waals surface area contributed by atoms with Crippen molar-refractivity contribution in [2.24, 2.45) is 5.92 Å². The van der Waals surface area contributed by atoms with Gasteiger partial charge in [-0.3, -0.25) is 0 Å². The van der Waals surface area contributed by atoms with Crippen LogP contribution in [-0.4, -0.2) is 25.8 Å². The molecule has 1 fully saturated rings. The fourth-order valence-electron chi connectivity index (χ4n) is 2.30. The van der Waals surface area contributed by atoms with Gasteiger partial charge in [0.2, 0.25) is 10.0 Å². The summed E-state index contributed by atoms with van der Waals surface area (Å²) < 4.78 is 40.7. The number of benzene rings is 1. The van der Waals surface area contributed by atoms with E-state index in [2.05, 4.69) is 22.9 Å². The third-order valence-corrected chi connectivity index (χ3v) is 5.91. The number of hydrogen-bond donors (Lipinski definition) is 0. The van der Waals surface area contributed by atoms with E-state index in [9.17, 15) is 12.8 Å². The van der Waals surface area contributed by atoms with Crippen molar-refractivity contribution in [1.29, 1.82) is 0 Å². The summed E-state index contributed by atoms with van der Waals surface area (Å²) >= 11 is 3.13. The molecule has 1 aliphatic rings. The first-order valence-electron chi connectivity index (χ1n) is 6.36. The molecular weight excluding hydrogens is 333 g/mol. The SMILES string of the molecule is CC1CCCN(S(=O)(=O)c2ccc(Br)cc2F)CC1. The van der Waals surface area contributed by atoms with Crippen LogP contribution in [0.1, 0.15) is 26.2 Å². The molecule has 106 valence electrons. The standard InChI is InChI=1S/C13H17BrFNO2S/c1-10-3-2-7-16(8-6-10)19(17,18)13-5-4-11(14)9-12(13)15/h4-5,9-10H,2-3,6-8H2,1H3. The fourth-order valence-corrected chi connectivity index (χ4v) is 4.17. The Hall–Kier alpha value is -0.460. The molecule has 1 unspecified atom stereocenters. The fraction of sp³-hybridized carbons (Fsp3) is 0.538. The molecule has 2 rings (SSSR count). The van der Waals surface area contributed by atoms with Crippen molar-refractivity contribution >= 4 is 26.0 Å². The van der Waals surface area contributed by atoms with Crippen LogP contribution in [0.15, 0.2) is 27.6 Å². The number of nitrogens with zero attached hydrogens (tertiary/aromatic N) is 1. The maximum absolute atomic E-state index is 13.8. The van der Waals surface area contributed by atoms with E-state index in [0.29, 0.717) is 23.5 Å². The average Bonchev–Trinajstić information content (AvgIpc) is 2.53. The molecule has 0 aromatic heterocycles. The smallest absolute Gasteiger partial charge is 0.207 e. The van der Waals surface area contributed by atoms with Crippen molar-refractivity contribution in [3.63, 3.8) is 0 Å². The highest BCUT2D eigenvalue weighted by Gasteiger charge is 2.28. The predicted molar refractivity (Wildman–Crippen MR) is 75.9 cm³/mol. The van der Waals surface area contributed by atoms with Gasteiger partial charge >= 0.3 is 0 Å². The minimum absolute atomic E-state index is 0.231. The lowest BCUT2D eigenvalue weighted by Crippen LogP contribution is -2.32. The summed E-state index contributed by atoms with van der Waals surface area (Å²) in [5.41, 5.74) is 0. The first-order valence-corrected chi connectivity index (χ1v) is 8.60. The Morgan fingerprint density at radius 2 is 2.05 bits per heavy atom. The van der Waals surface area contributed by atoms with Gasteiger partial charge in [0, 0.05) is 17.6 Å². The van der Waals surface area contributed by atoms with Crippen LogP contribution in [0.3, 0.4) is 0 Å². The Bertz CT molecular complexity index is 562. The van der Waals surface area contributed by atoms with Crippen LogP contribution in [0.25, 0.3) is 0 Å². The van der Waals surface area contributed by atoms with Crippen molar-refractivity contribution in [2.45, 2.75) is 31.1 Å². The van der Waals surface area contributed by atoms with Gasteiger partial charge in [0.05, 0.1) is 0 Å². The number of halogens is 2. The second-order valence-corrected chi connectivity index (χ2v) is 7.84. The second-order valence-electron chi connectivity index (χ2n) is 5.01. The summed E-state index contributed by atoms with van der Waals surface area (Å²) in [6.45, 7) is 3.07. The van der Waals surface area contributed by atoms with Crippen LogP contribution in [0.4, 0.5) is 4.39 Å². The van der Waals surface area contributed by atoms with Crippen molar-refractivity contribution in [3.8, 4) is 0 Å². The third-order valence-electron chi connectivity index (χ3n) is 3.49. The molecule has 6 heteroatoms. The van der Waals surface area contributed by atoms with Crippen LogP contribution in [0, 0.1) is 11.7 Å². The van der Waals surface area contributed by atoms with Crippen molar-refractivity contribution < 1.29 is 12.8 Å². The summed E-state index contributed by atoms with van der Waals surface area (Å²) in [6, 6.07) is 4.06. The van der Waals surface area contributed by atoms with Crippen LogP contribution < -0.4 is 0 Å². The van der Waals surface area contributed by atoms with Gasteiger partial charge in [0.25, 0.3) is 0 Å². The van der Waals surface area contributed by atoms with E-state index in [-0.39, 0.29) is 4.90 Å². The predicted octanol–water partition coefficient (Wildman–Crippen LogP) is 3.40. The summed E-state index contributed by atoms with van der Waals surface area (Å²) in [6.07, 6.45) is 2.69. The molecule has 19 heavy (non-hydrogen) atoms. The Labute approximate surface area is 122 Å². The van der Waals surface area contributed by atoms with Gasteiger partial charge in [-0.2, -0.15) is 4.31 Å². The normalized spacial score (nSPS) is 22.2. The van der Waals surface area contributed by atoms with Crippen molar-refractivity contribution in [1.82, 2.24) is 4.31 Å². The van der Waals surface area contributed by atoms with Crippen LogP contribution in [0.2, 0.25) is 0 Å². The highest BCUT2D eigenvalue weighted by atomic mass is 79.9. The largest absolute Gasteiger partial charge is 0.245 e. The van der Waals surface area contributed by atoms with E-state index in [4.69, 9.17) is 0 Å². The summed E-state index contributed by atoms with van der Waals surface area (Å²) in [5.74, 6) is -0.179. The quantitative estimate of drug-likeness (QED) is 0.820. The molecule has 0 amide bonds. The minimum Gasteiger partial charge on any atom is -0.207 e. The molecular formula is C13H17BrFNO2S. The van der Waals surface area contributed by atoms with Crippen molar-refractivity contribution in [2.75, 3.05) is 13.1 Å². The van der Waals surface area contributed by atoms with E-state index in [1.165, 1.54) is 16.4 Å². The maximum atomic E-state index is 13.8. The lowest BCUT2D eigenvalue weighted by atomic mass is 10.0. The Balaban J connectivity index is 2.31. The van der Waals surface area contributed by atoms with E-state index >= 15 is 0 Å². The molecule has 0 saturated carbocycles. The lowest BCUT2D eigenvalue weighted by Gasteiger charge is -2.20. The van der Waals surface area contributed by atoms with Gasteiger partial charge in [-0.1, -0.05) is 22.9 Å². The molecule has 1 aliphatic heterocycles. The number of sulfonamides is 1. The molecule has 0 aliphatic carbocycles. The van der Waals surface area contributed by atoms with Gasteiger partial charge in [-0.25, -0.2) is 12.8 Å². The molecule has 1 aromatic carbocycles. The molecule has 0 radical (unpaired) electrons. The molecule has 1 atom stereocenters. The summed E-state index contributed by atoms with van der Waals surface area (Å²) in [5, 5.41) is 0. The van der Waals surface area contributed by atoms with Gasteiger partial charge in [-0.15, -0.1) is 0 Å². The first kappa shape index (κ1) is 14.9. The van der Waals surface area contributed by atoms with Crippen LogP contribution >= 0.6 is 15.9 Å². The van der Waals surface area contributed by atoms with Gasteiger partial charge in [0.15, 0.2) is 0 Å². The number of hydrogen-bond acceptors (Lipinski definition) is 2. The highest BCUT2D eigenvalue weighted by molar-refractivity contribution is 9.10. The van der Waals surface area contributed by atoms with Crippen molar-refractivity contribution in [3.05, 3.63) is 28.5 Å². The number of rotatable bonds is 2. The molecule has 0 N–H and O–H groups in total. The Kier molecular flexibility index (Phi) is 4.63. The molecule has 1 saturated heterocycles. The zero-order valence-corrected chi connectivity index (χ0v) is 13.2. The van der Waals surface area contributed by atoms with E-state index in [0.717, 1.165) is 19.3 Å². The Morgan fingerprint density at radius 3 is 2.74 bits per heavy atom. The highest BCUT2D eigenvalue weighted by Crippen LogP contribution is 2.26. The van der Waals surface area contributed by atoms with Gasteiger partial charge in [0.1, 0.15) is 10.7 Å². The monoisotopic (exact) mass is 349 g/mol. The average molecular weight is 350 g/mol. The molecule has 3 nitrogen and oxygen atoms in total. The van der Waals surface area contributed by atoms with E-state index in [1.54, 1.807) is 6.07 Å². The first-order chi connectivity index (χ1) is 8.91. The minimum atomic E-state index is -3.72. The Morgan fingerprint density at radius 1 is 1.32 bits per heavy atom. The summed E-state index contributed by atoms with van der Waals surface area (Å²) in [7, 11) is -3.72. The van der Waals surface area contributed by atoms with E-state index < -0.39 is 15.8 Å². The van der Waals surface area contributed by atoms with Gasteiger partial charge in [-0.05, 0) is 43.4 Å². The molecule has 0 spiro atoms. The molecule has 1 heterocycles. The zero-order chi connectivity index (χ0) is 14.0. The second kappa shape index (κ2) is 5.89. The molecule has 1 aromatic rings. The zero-order valence-electron chi connectivity index (χ0n) is 10.8. The van der Waals surface area contributed by atoms with E-state index in [1.807, 2.05) is 0 Å². The maximum Gasteiger partial charge on any atom is 0.245 e. The van der Waals surface area contributed by atoms with Gasteiger partial charge < -0.3 is 0 Å². The third kappa shape index (κ3) is 3.35.